The van der Waals surface area contributed by atoms with E-state index in [2.05, 4.69) is 5.32 Å². The van der Waals surface area contributed by atoms with Gasteiger partial charge in [-0.3, -0.25) is 10.1 Å². The monoisotopic (exact) mass is 472 g/mol. The van der Waals surface area contributed by atoms with Crippen LogP contribution in [-0.2, 0) is 14.3 Å². The fraction of sp³-hybridized carbons (Fsp3) is 0.440. The standard InChI is InChI=1S/C25H32N2O7/c1-24(2,3)34-23(30)26-17-11-10-16-25(18-28,27(31)32)22(29)33-21(19-12-6-4-7-13-19)20-14-8-5-9-15-20/h4-9,12-15,21,28H,10-11,16-18H2,1-3H3,(H,26,30)/t25-/m1/s1. The Labute approximate surface area is 199 Å². The molecule has 2 N–H and O–H groups in total. The van der Waals surface area contributed by atoms with Gasteiger partial charge in [-0.15, -0.1) is 0 Å². The molecule has 2 aromatic rings. The number of ether oxygens (including phenoxy) is 2. The third-order valence-corrected chi connectivity index (χ3v) is 5.11. The first-order valence-electron chi connectivity index (χ1n) is 11.1. The van der Waals surface area contributed by atoms with Crippen LogP contribution in [0.15, 0.2) is 60.7 Å². The van der Waals surface area contributed by atoms with Crippen LogP contribution in [0.5, 0.6) is 0 Å². The summed E-state index contributed by atoms with van der Waals surface area (Å²) in [6.07, 6.45) is -1.16. The highest BCUT2D eigenvalue weighted by Gasteiger charge is 2.52. The topological polar surface area (TPSA) is 128 Å². The highest BCUT2D eigenvalue weighted by atomic mass is 16.6. The number of aliphatic hydroxyl groups excluding tert-OH is 1. The number of esters is 1. The van der Waals surface area contributed by atoms with Crippen molar-refractivity contribution in [3.63, 3.8) is 0 Å². The van der Waals surface area contributed by atoms with Crippen LogP contribution < -0.4 is 5.32 Å². The molecule has 0 saturated carbocycles. The Bertz CT molecular complexity index is 905. The lowest BCUT2D eigenvalue weighted by molar-refractivity contribution is -0.560. The summed E-state index contributed by atoms with van der Waals surface area (Å²) in [5, 5.41) is 24.4. The number of rotatable bonds is 11. The summed E-state index contributed by atoms with van der Waals surface area (Å²) in [7, 11) is 0. The van der Waals surface area contributed by atoms with Crippen LogP contribution in [-0.4, -0.2) is 46.4 Å². The summed E-state index contributed by atoms with van der Waals surface area (Å²) >= 11 is 0. The van der Waals surface area contributed by atoms with Crippen molar-refractivity contribution in [3.05, 3.63) is 81.9 Å². The van der Waals surface area contributed by atoms with Crippen LogP contribution in [0.4, 0.5) is 4.79 Å². The van der Waals surface area contributed by atoms with E-state index in [0.717, 1.165) is 0 Å². The van der Waals surface area contributed by atoms with Crippen LogP contribution in [0.25, 0.3) is 0 Å². The van der Waals surface area contributed by atoms with Crippen LogP contribution in [0.3, 0.4) is 0 Å². The molecule has 9 nitrogen and oxygen atoms in total. The highest BCUT2D eigenvalue weighted by molar-refractivity contribution is 5.80. The zero-order valence-electron chi connectivity index (χ0n) is 19.7. The quantitative estimate of drug-likeness (QED) is 0.219. The maximum Gasteiger partial charge on any atom is 0.407 e. The Morgan fingerprint density at radius 2 is 1.53 bits per heavy atom. The molecule has 0 aromatic heterocycles. The van der Waals surface area contributed by atoms with Crippen LogP contribution in [0.2, 0.25) is 0 Å². The normalized spacial score (nSPS) is 13.1. The Balaban J connectivity index is 2.09. The molecule has 0 bridgehead atoms. The van der Waals surface area contributed by atoms with Gasteiger partial charge in [-0.05, 0) is 44.7 Å². The van der Waals surface area contributed by atoms with E-state index in [4.69, 9.17) is 9.47 Å². The van der Waals surface area contributed by atoms with Crippen LogP contribution >= 0.6 is 0 Å². The second kappa shape index (κ2) is 12.1. The van der Waals surface area contributed by atoms with Gasteiger partial charge < -0.3 is 19.9 Å². The van der Waals surface area contributed by atoms with Gasteiger partial charge in [-0.25, -0.2) is 9.59 Å². The summed E-state index contributed by atoms with van der Waals surface area (Å²) in [5.74, 6) is -1.11. The summed E-state index contributed by atoms with van der Waals surface area (Å²) in [4.78, 5) is 36.0. The summed E-state index contributed by atoms with van der Waals surface area (Å²) in [5.41, 5.74) is -1.65. The molecule has 0 unspecified atom stereocenters. The molecule has 0 fully saturated rings. The molecular weight excluding hydrogens is 440 g/mol. The van der Waals surface area contributed by atoms with E-state index in [0.29, 0.717) is 17.5 Å². The second-order valence-corrected chi connectivity index (χ2v) is 8.94. The summed E-state index contributed by atoms with van der Waals surface area (Å²) < 4.78 is 10.8. The maximum absolute atomic E-state index is 13.1. The minimum Gasteiger partial charge on any atom is -0.447 e. The largest absolute Gasteiger partial charge is 0.447 e. The van der Waals surface area contributed by atoms with E-state index in [1.807, 2.05) is 12.1 Å². The minimum absolute atomic E-state index is 0.202. The number of amides is 1. The molecule has 0 radical (unpaired) electrons. The highest BCUT2D eigenvalue weighted by Crippen LogP contribution is 2.30. The van der Waals surface area contributed by atoms with Gasteiger partial charge in [0.1, 0.15) is 12.2 Å². The van der Waals surface area contributed by atoms with E-state index in [1.165, 1.54) is 0 Å². The number of nitro groups is 1. The first kappa shape index (κ1) is 26.8. The maximum atomic E-state index is 13.1. The van der Waals surface area contributed by atoms with Crippen molar-refractivity contribution < 1.29 is 29.1 Å². The van der Waals surface area contributed by atoms with Crippen molar-refractivity contribution >= 4 is 12.1 Å². The summed E-state index contributed by atoms with van der Waals surface area (Å²) in [6.45, 7) is 4.42. The number of hydrogen-bond donors (Lipinski definition) is 2. The van der Waals surface area contributed by atoms with Gasteiger partial charge in [0.15, 0.2) is 6.10 Å². The summed E-state index contributed by atoms with van der Waals surface area (Å²) in [6, 6.07) is 17.8. The van der Waals surface area contributed by atoms with E-state index < -0.39 is 40.8 Å². The molecule has 2 rings (SSSR count). The number of aliphatic hydroxyl groups is 1. The number of nitrogens with one attached hydrogen (secondary N) is 1. The molecular formula is C25H32N2O7. The van der Waals surface area contributed by atoms with Crippen molar-refractivity contribution in [2.24, 2.45) is 0 Å². The molecule has 0 spiro atoms. The van der Waals surface area contributed by atoms with E-state index in [-0.39, 0.29) is 19.4 Å². The van der Waals surface area contributed by atoms with Crippen LogP contribution in [0.1, 0.15) is 57.3 Å². The van der Waals surface area contributed by atoms with E-state index in [1.54, 1.807) is 69.3 Å². The van der Waals surface area contributed by atoms with Crippen molar-refractivity contribution in [2.45, 2.75) is 57.3 Å². The lowest BCUT2D eigenvalue weighted by Crippen LogP contribution is -2.51. The second-order valence-electron chi connectivity index (χ2n) is 8.94. The van der Waals surface area contributed by atoms with Gasteiger partial charge in [-0.1, -0.05) is 60.7 Å². The van der Waals surface area contributed by atoms with Crippen molar-refractivity contribution in [3.8, 4) is 0 Å². The van der Waals surface area contributed by atoms with Gasteiger partial charge in [-0.2, -0.15) is 0 Å². The van der Waals surface area contributed by atoms with Gasteiger partial charge in [0.05, 0.1) is 0 Å². The third-order valence-electron chi connectivity index (χ3n) is 5.11. The molecule has 0 heterocycles. The molecule has 1 amide bonds. The van der Waals surface area contributed by atoms with Crippen molar-refractivity contribution in [1.29, 1.82) is 0 Å². The van der Waals surface area contributed by atoms with Gasteiger partial charge in [0.2, 0.25) is 0 Å². The fourth-order valence-electron chi connectivity index (χ4n) is 3.32. The number of unbranched alkanes of at least 4 members (excludes halogenated alkanes) is 1. The van der Waals surface area contributed by atoms with E-state index >= 15 is 0 Å². The van der Waals surface area contributed by atoms with Gasteiger partial charge >= 0.3 is 17.6 Å². The predicted octanol–water partition coefficient (Wildman–Crippen LogP) is 4.02. The third kappa shape index (κ3) is 7.55. The van der Waals surface area contributed by atoms with Crippen molar-refractivity contribution in [1.82, 2.24) is 5.32 Å². The molecule has 0 aliphatic carbocycles. The predicted molar refractivity (Wildman–Crippen MR) is 126 cm³/mol. The average molecular weight is 473 g/mol. The molecule has 9 heteroatoms. The average Bonchev–Trinajstić information content (AvgIpc) is 2.79. The number of hydrogen-bond acceptors (Lipinski definition) is 7. The van der Waals surface area contributed by atoms with Gasteiger partial charge in [0, 0.05) is 17.9 Å². The lowest BCUT2D eigenvalue weighted by Gasteiger charge is -2.25. The molecule has 2 aromatic carbocycles. The Hall–Kier alpha value is -3.46. The Kier molecular flexibility index (Phi) is 9.56. The number of nitrogens with zero attached hydrogens (tertiary/aromatic N) is 1. The fourth-order valence-corrected chi connectivity index (χ4v) is 3.32. The molecule has 34 heavy (non-hydrogen) atoms. The number of carbonyl (C=O) groups is 2. The lowest BCUT2D eigenvalue weighted by atomic mass is 9.93. The SMILES string of the molecule is CC(C)(C)OC(=O)NCCCC[C@@](CO)(C(=O)OC(c1ccccc1)c1ccccc1)[N+](=O)[O-]. The Morgan fingerprint density at radius 1 is 1.00 bits per heavy atom. The first-order chi connectivity index (χ1) is 16.1. The number of alkyl carbamates (subject to hydrolysis) is 1. The minimum atomic E-state index is -2.31. The first-order valence-corrected chi connectivity index (χ1v) is 11.1. The van der Waals surface area contributed by atoms with Gasteiger partial charge in [0.25, 0.3) is 0 Å². The zero-order chi connectivity index (χ0) is 25.2. The molecule has 184 valence electrons. The smallest absolute Gasteiger partial charge is 0.407 e. The molecule has 1 atom stereocenters. The number of benzene rings is 2. The Morgan fingerprint density at radius 3 is 1.97 bits per heavy atom. The molecule has 0 aliphatic rings. The van der Waals surface area contributed by atoms with E-state index in [9.17, 15) is 24.8 Å². The zero-order valence-corrected chi connectivity index (χ0v) is 19.7. The molecule has 0 aliphatic heterocycles. The number of carbonyl (C=O) groups excluding carboxylic acids is 2. The van der Waals surface area contributed by atoms with Crippen LogP contribution in [0, 0.1) is 10.1 Å². The molecule has 0 saturated heterocycles. The van der Waals surface area contributed by atoms with Crippen molar-refractivity contribution in [2.75, 3.05) is 13.2 Å².